The van der Waals surface area contributed by atoms with Gasteiger partial charge in [0.15, 0.2) is 6.29 Å². The number of aryl methyl sites for hydroxylation is 2. The predicted molar refractivity (Wildman–Crippen MR) is 70.3 cm³/mol. The van der Waals surface area contributed by atoms with Crippen LogP contribution in [-0.4, -0.2) is 11.3 Å². The molecule has 0 unspecified atom stereocenters. The van der Waals surface area contributed by atoms with E-state index in [9.17, 15) is 4.79 Å². The summed E-state index contributed by atoms with van der Waals surface area (Å²) in [6.45, 7) is 3.76. The van der Waals surface area contributed by atoms with Crippen LogP contribution in [0.4, 0.5) is 0 Å². The van der Waals surface area contributed by atoms with E-state index in [0.29, 0.717) is 22.8 Å². The Kier molecular flexibility index (Phi) is 3.58. The average Bonchev–Trinajstić information content (AvgIpc) is 2.43. The van der Waals surface area contributed by atoms with Crippen molar-refractivity contribution in [3.63, 3.8) is 0 Å². The maximum atomic E-state index is 10.5. The number of carbonyl (C=O) groups is 1. The number of aromatic nitrogens is 1. The van der Waals surface area contributed by atoms with Crippen molar-refractivity contribution in [2.24, 2.45) is 0 Å². The van der Waals surface area contributed by atoms with Crippen molar-refractivity contribution in [2.45, 2.75) is 13.8 Å². The zero-order valence-corrected chi connectivity index (χ0v) is 10.7. The molecule has 19 heavy (non-hydrogen) atoms. The van der Waals surface area contributed by atoms with Gasteiger partial charge in [0, 0.05) is 17.8 Å². The summed E-state index contributed by atoms with van der Waals surface area (Å²) in [7, 11) is 0. The van der Waals surface area contributed by atoms with Crippen LogP contribution in [0.2, 0.25) is 0 Å². The van der Waals surface area contributed by atoms with E-state index in [2.05, 4.69) is 11.1 Å². The Morgan fingerprint density at radius 2 is 1.95 bits per heavy atom. The second-order valence-electron chi connectivity index (χ2n) is 4.20. The Morgan fingerprint density at radius 1 is 1.26 bits per heavy atom. The fraction of sp³-hybridized carbons (Fsp3) is 0.133. The van der Waals surface area contributed by atoms with Crippen molar-refractivity contribution in [2.75, 3.05) is 0 Å². The fourth-order valence-electron chi connectivity index (χ4n) is 1.80. The lowest BCUT2D eigenvalue weighted by Crippen LogP contribution is -1.95. The highest BCUT2D eigenvalue weighted by atomic mass is 16.5. The standard InChI is InChI=1S/C15H12N2O2/c1-10-5-13(7-16)6-11(2)15(10)19-14-4-3-12(9-18)8-17-14/h3-6,8-9H,1-2H3. The molecule has 0 saturated heterocycles. The van der Waals surface area contributed by atoms with Gasteiger partial charge < -0.3 is 4.74 Å². The zero-order valence-electron chi connectivity index (χ0n) is 10.7. The van der Waals surface area contributed by atoms with E-state index in [1.807, 2.05) is 13.8 Å². The van der Waals surface area contributed by atoms with E-state index >= 15 is 0 Å². The monoisotopic (exact) mass is 252 g/mol. The quantitative estimate of drug-likeness (QED) is 0.787. The van der Waals surface area contributed by atoms with Crippen LogP contribution < -0.4 is 4.74 Å². The summed E-state index contributed by atoms with van der Waals surface area (Å²) in [4.78, 5) is 14.6. The number of ether oxygens (including phenoxy) is 1. The molecule has 0 aliphatic rings. The predicted octanol–water partition coefficient (Wildman–Crippen LogP) is 3.17. The molecule has 0 aliphatic heterocycles. The molecule has 1 aromatic carbocycles. The van der Waals surface area contributed by atoms with Crippen LogP contribution in [0.5, 0.6) is 11.6 Å². The summed E-state index contributed by atoms with van der Waals surface area (Å²) >= 11 is 0. The number of carbonyl (C=O) groups excluding carboxylic acids is 1. The molecule has 0 aliphatic carbocycles. The van der Waals surface area contributed by atoms with Gasteiger partial charge in [-0.1, -0.05) is 0 Å². The minimum absolute atomic E-state index is 0.418. The van der Waals surface area contributed by atoms with Crippen molar-refractivity contribution < 1.29 is 9.53 Å². The largest absolute Gasteiger partial charge is 0.438 e. The molecule has 0 bridgehead atoms. The van der Waals surface area contributed by atoms with Gasteiger partial charge in [-0.15, -0.1) is 0 Å². The lowest BCUT2D eigenvalue weighted by atomic mass is 10.1. The van der Waals surface area contributed by atoms with Crippen molar-refractivity contribution in [1.82, 2.24) is 4.98 Å². The molecule has 2 rings (SSSR count). The van der Waals surface area contributed by atoms with E-state index in [1.54, 1.807) is 24.3 Å². The van der Waals surface area contributed by atoms with Crippen LogP contribution in [0.15, 0.2) is 30.5 Å². The third kappa shape index (κ3) is 2.78. The molecular formula is C15H12N2O2. The summed E-state index contributed by atoms with van der Waals surface area (Å²) in [5.41, 5.74) is 2.85. The average molecular weight is 252 g/mol. The second-order valence-corrected chi connectivity index (χ2v) is 4.20. The number of pyridine rings is 1. The van der Waals surface area contributed by atoms with Gasteiger partial charge in [-0.2, -0.15) is 5.26 Å². The summed E-state index contributed by atoms with van der Waals surface area (Å²) in [5, 5.41) is 8.89. The Labute approximate surface area is 111 Å². The number of nitrogens with zero attached hydrogens (tertiary/aromatic N) is 2. The first kappa shape index (κ1) is 12.8. The van der Waals surface area contributed by atoms with Gasteiger partial charge >= 0.3 is 0 Å². The number of benzene rings is 1. The molecule has 94 valence electrons. The molecule has 2 aromatic rings. The van der Waals surface area contributed by atoms with Crippen molar-refractivity contribution in [3.8, 4) is 17.7 Å². The number of nitriles is 1. The Hall–Kier alpha value is -2.67. The molecule has 0 atom stereocenters. The van der Waals surface area contributed by atoms with Crippen molar-refractivity contribution in [3.05, 3.63) is 52.7 Å². The highest BCUT2D eigenvalue weighted by Crippen LogP contribution is 2.28. The topological polar surface area (TPSA) is 63.0 Å². The number of hydrogen-bond acceptors (Lipinski definition) is 4. The summed E-state index contributed by atoms with van der Waals surface area (Å²) in [6.07, 6.45) is 2.19. The Morgan fingerprint density at radius 3 is 2.42 bits per heavy atom. The fourth-order valence-corrected chi connectivity index (χ4v) is 1.80. The number of hydrogen-bond donors (Lipinski definition) is 0. The van der Waals surface area contributed by atoms with E-state index in [-0.39, 0.29) is 0 Å². The van der Waals surface area contributed by atoms with Crippen LogP contribution in [0.3, 0.4) is 0 Å². The maximum absolute atomic E-state index is 10.5. The molecule has 0 fully saturated rings. The third-order valence-electron chi connectivity index (χ3n) is 2.69. The lowest BCUT2D eigenvalue weighted by Gasteiger charge is -2.11. The molecule has 0 N–H and O–H groups in total. The van der Waals surface area contributed by atoms with Crippen molar-refractivity contribution in [1.29, 1.82) is 5.26 Å². The molecule has 0 amide bonds. The minimum Gasteiger partial charge on any atom is -0.438 e. The van der Waals surface area contributed by atoms with Gasteiger partial charge in [-0.3, -0.25) is 4.79 Å². The number of rotatable bonds is 3. The summed E-state index contributed by atoms with van der Waals surface area (Å²) < 4.78 is 5.70. The molecular weight excluding hydrogens is 240 g/mol. The summed E-state index contributed by atoms with van der Waals surface area (Å²) in [5.74, 6) is 1.10. The van der Waals surface area contributed by atoms with Gasteiger partial charge in [0.05, 0.1) is 11.6 Å². The first-order chi connectivity index (χ1) is 9.13. The molecule has 4 heteroatoms. The van der Waals surface area contributed by atoms with E-state index in [0.717, 1.165) is 17.4 Å². The van der Waals surface area contributed by atoms with Crippen LogP contribution in [0.1, 0.15) is 27.0 Å². The smallest absolute Gasteiger partial charge is 0.219 e. The molecule has 0 spiro atoms. The van der Waals surface area contributed by atoms with Gasteiger partial charge in [-0.25, -0.2) is 4.98 Å². The highest BCUT2D eigenvalue weighted by Gasteiger charge is 2.08. The van der Waals surface area contributed by atoms with Crippen molar-refractivity contribution >= 4 is 6.29 Å². The molecule has 1 heterocycles. The first-order valence-corrected chi connectivity index (χ1v) is 5.74. The third-order valence-corrected chi connectivity index (χ3v) is 2.69. The van der Waals surface area contributed by atoms with E-state index in [1.165, 1.54) is 6.20 Å². The highest BCUT2D eigenvalue weighted by molar-refractivity contribution is 5.74. The normalized spacial score (nSPS) is 9.74. The van der Waals surface area contributed by atoms with Crippen LogP contribution in [-0.2, 0) is 0 Å². The molecule has 4 nitrogen and oxygen atoms in total. The van der Waals surface area contributed by atoms with Gasteiger partial charge in [0.1, 0.15) is 5.75 Å². The van der Waals surface area contributed by atoms with Crippen LogP contribution >= 0.6 is 0 Å². The Bertz CT molecular complexity index is 632. The molecule has 0 radical (unpaired) electrons. The SMILES string of the molecule is Cc1cc(C#N)cc(C)c1Oc1ccc(C=O)cn1. The molecule has 1 aromatic heterocycles. The van der Waals surface area contributed by atoms with Crippen LogP contribution in [0.25, 0.3) is 0 Å². The summed E-state index contributed by atoms with van der Waals surface area (Å²) in [6, 6.07) is 8.92. The minimum atomic E-state index is 0.418. The zero-order chi connectivity index (χ0) is 13.8. The first-order valence-electron chi connectivity index (χ1n) is 5.74. The van der Waals surface area contributed by atoms with E-state index in [4.69, 9.17) is 10.00 Å². The van der Waals surface area contributed by atoms with Gasteiger partial charge in [-0.05, 0) is 43.2 Å². The van der Waals surface area contributed by atoms with Gasteiger partial charge in [0.2, 0.25) is 5.88 Å². The number of aldehydes is 1. The van der Waals surface area contributed by atoms with E-state index < -0.39 is 0 Å². The second kappa shape index (κ2) is 5.32. The molecule has 0 saturated carbocycles. The lowest BCUT2D eigenvalue weighted by molar-refractivity contribution is 0.112. The maximum Gasteiger partial charge on any atom is 0.219 e. The van der Waals surface area contributed by atoms with Gasteiger partial charge in [0.25, 0.3) is 0 Å². The Balaban J connectivity index is 2.32. The van der Waals surface area contributed by atoms with Crippen LogP contribution in [0, 0.1) is 25.2 Å².